The molecule has 2 N–H and O–H groups in total. The van der Waals surface area contributed by atoms with Crippen molar-refractivity contribution in [2.75, 3.05) is 37.5 Å². The number of carbonyl (C=O) groups is 1. The molecule has 1 saturated carbocycles. The van der Waals surface area contributed by atoms with Crippen molar-refractivity contribution in [3.63, 3.8) is 0 Å². The van der Waals surface area contributed by atoms with E-state index < -0.39 is 0 Å². The Morgan fingerprint density at radius 3 is 2.80 bits per heavy atom. The predicted molar refractivity (Wildman–Crippen MR) is 79.1 cm³/mol. The SMILES string of the molecule is CCOC(=O)c1cccc(N)c1N(CCOC)C1CC1. The number of nitrogens with two attached hydrogens (primary N) is 1. The number of carbonyl (C=O) groups excluding carboxylic acids is 1. The number of rotatable bonds is 7. The molecule has 5 nitrogen and oxygen atoms in total. The summed E-state index contributed by atoms with van der Waals surface area (Å²) in [6.45, 7) is 3.48. The minimum Gasteiger partial charge on any atom is -0.462 e. The third-order valence-corrected chi connectivity index (χ3v) is 3.37. The molecule has 110 valence electrons. The summed E-state index contributed by atoms with van der Waals surface area (Å²) in [7, 11) is 1.67. The zero-order valence-corrected chi connectivity index (χ0v) is 12.1. The molecule has 1 aromatic rings. The number of nitrogens with zero attached hydrogens (tertiary/aromatic N) is 1. The summed E-state index contributed by atoms with van der Waals surface area (Å²) in [6.07, 6.45) is 2.25. The zero-order chi connectivity index (χ0) is 14.5. The molecule has 0 unspecified atom stereocenters. The quantitative estimate of drug-likeness (QED) is 0.611. The lowest BCUT2D eigenvalue weighted by Gasteiger charge is -2.27. The van der Waals surface area contributed by atoms with Crippen LogP contribution in [0.15, 0.2) is 18.2 Å². The van der Waals surface area contributed by atoms with Crippen LogP contribution in [0, 0.1) is 0 Å². The Morgan fingerprint density at radius 1 is 1.45 bits per heavy atom. The van der Waals surface area contributed by atoms with Crippen LogP contribution in [-0.4, -0.2) is 38.9 Å². The number of benzene rings is 1. The van der Waals surface area contributed by atoms with Crippen molar-refractivity contribution < 1.29 is 14.3 Å². The molecule has 1 fully saturated rings. The van der Waals surface area contributed by atoms with Gasteiger partial charge in [-0.2, -0.15) is 0 Å². The second-order valence-electron chi connectivity index (χ2n) is 4.88. The molecule has 1 aromatic carbocycles. The molecule has 0 aromatic heterocycles. The smallest absolute Gasteiger partial charge is 0.340 e. The topological polar surface area (TPSA) is 64.8 Å². The Bertz CT molecular complexity index is 472. The van der Waals surface area contributed by atoms with Crippen molar-refractivity contribution in [1.82, 2.24) is 0 Å². The van der Waals surface area contributed by atoms with Gasteiger partial charge in [0.2, 0.25) is 0 Å². The Morgan fingerprint density at radius 2 is 2.20 bits per heavy atom. The highest BCUT2D eigenvalue weighted by Gasteiger charge is 2.32. The van der Waals surface area contributed by atoms with Gasteiger partial charge >= 0.3 is 5.97 Å². The number of hydrogen-bond donors (Lipinski definition) is 1. The highest BCUT2D eigenvalue weighted by Crippen LogP contribution is 2.37. The van der Waals surface area contributed by atoms with Gasteiger partial charge in [0, 0.05) is 19.7 Å². The number of anilines is 2. The van der Waals surface area contributed by atoms with Crippen LogP contribution >= 0.6 is 0 Å². The van der Waals surface area contributed by atoms with E-state index in [4.69, 9.17) is 15.2 Å². The maximum absolute atomic E-state index is 12.1. The molecule has 0 spiro atoms. The predicted octanol–water partition coefficient (Wildman–Crippen LogP) is 2.06. The number of para-hydroxylation sites is 1. The Kier molecular flexibility index (Phi) is 4.84. The molecule has 0 bridgehead atoms. The van der Waals surface area contributed by atoms with Crippen LogP contribution in [0.2, 0.25) is 0 Å². The Hall–Kier alpha value is -1.75. The minimum absolute atomic E-state index is 0.321. The minimum atomic E-state index is -0.321. The standard InChI is InChI=1S/C15H22N2O3/c1-3-20-15(18)12-5-4-6-13(16)14(12)17(9-10-19-2)11-7-8-11/h4-6,11H,3,7-10,16H2,1-2H3. The van der Waals surface area contributed by atoms with Gasteiger partial charge in [0.05, 0.1) is 30.2 Å². The van der Waals surface area contributed by atoms with E-state index in [1.54, 1.807) is 26.2 Å². The molecule has 0 radical (unpaired) electrons. The van der Waals surface area contributed by atoms with Gasteiger partial charge in [-0.3, -0.25) is 0 Å². The Labute approximate surface area is 119 Å². The first-order valence-electron chi connectivity index (χ1n) is 7.00. The first kappa shape index (κ1) is 14.7. The van der Waals surface area contributed by atoms with E-state index in [2.05, 4.69) is 4.90 Å². The lowest BCUT2D eigenvalue weighted by atomic mass is 10.1. The van der Waals surface area contributed by atoms with Gasteiger partial charge in [-0.15, -0.1) is 0 Å². The van der Waals surface area contributed by atoms with Gasteiger partial charge in [-0.1, -0.05) is 6.07 Å². The van der Waals surface area contributed by atoms with Gasteiger partial charge in [0.15, 0.2) is 0 Å². The highest BCUT2D eigenvalue weighted by atomic mass is 16.5. The van der Waals surface area contributed by atoms with Gasteiger partial charge in [0.1, 0.15) is 0 Å². The van der Waals surface area contributed by atoms with E-state index in [1.807, 2.05) is 6.07 Å². The van der Waals surface area contributed by atoms with Crippen molar-refractivity contribution in [2.24, 2.45) is 0 Å². The zero-order valence-electron chi connectivity index (χ0n) is 12.1. The second-order valence-corrected chi connectivity index (χ2v) is 4.88. The molecular formula is C15H22N2O3. The summed E-state index contributed by atoms with van der Waals surface area (Å²) < 4.78 is 10.3. The summed E-state index contributed by atoms with van der Waals surface area (Å²) in [6, 6.07) is 5.82. The summed E-state index contributed by atoms with van der Waals surface area (Å²) in [5, 5.41) is 0. The first-order valence-corrected chi connectivity index (χ1v) is 7.00. The molecule has 0 aliphatic heterocycles. The van der Waals surface area contributed by atoms with Crippen LogP contribution in [0.5, 0.6) is 0 Å². The third kappa shape index (κ3) is 3.22. The van der Waals surface area contributed by atoms with Crippen LogP contribution in [0.4, 0.5) is 11.4 Å². The van der Waals surface area contributed by atoms with E-state index in [0.717, 1.165) is 25.1 Å². The fourth-order valence-electron chi connectivity index (χ4n) is 2.31. The number of hydrogen-bond acceptors (Lipinski definition) is 5. The van der Waals surface area contributed by atoms with E-state index in [-0.39, 0.29) is 5.97 Å². The number of esters is 1. The van der Waals surface area contributed by atoms with Crippen LogP contribution < -0.4 is 10.6 Å². The maximum atomic E-state index is 12.1. The summed E-state index contributed by atoms with van der Waals surface area (Å²) >= 11 is 0. The van der Waals surface area contributed by atoms with Crippen LogP contribution in [-0.2, 0) is 9.47 Å². The van der Waals surface area contributed by atoms with Gasteiger partial charge in [0.25, 0.3) is 0 Å². The van der Waals surface area contributed by atoms with Gasteiger partial charge < -0.3 is 20.1 Å². The second kappa shape index (κ2) is 6.61. The van der Waals surface area contributed by atoms with Crippen molar-refractivity contribution in [2.45, 2.75) is 25.8 Å². The molecule has 0 heterocycles. The van der Waals surface area contributed by atoms with E-state index in [0.29, 0.717) is 30.5 Å². The van der Waals surface area contributed by atoms with Crippen LogP contribution in [0.3, 0.4) is 0 Å². The first-order chi connectivity index (χ1) is 9.69. The number of ether oxygens (including phenoxy) is 2. The number of nitrogen functional groups attached to an aromatic ring is 1. The van der Waals surface area contributed by atoms with Crippen molar-refractivity contribution in [3.05, 3.63) is 23.8 Å². The van der Waals surface area contributed by atoms with Crippen molar-refractivity contribution in [1.29, 1.82) is 0 Å². The Balaban J connectivity index is 2.33. The van der Waals surface area contributed by atoms with Gasteiger partial charge in [-0.25, -0.2) is 4.79 Å². The third-order valence-electron chi connectivity index (χ3n) is 3.37. The van der Waals surface area contributed by atoms with E-state index in [9.17, 15) is 4.79 Å². The molecule has 0 saturated heterocycles. The average Bonchev–Trinajstić information content (AvgIpc) is 3.25. The molecule has 5 heteroatoms. The summed E-state index contributed by atoms with van der Waals surface area (Å²) in [4.78, 5) is 14.3. The molecule has 20 heavy (non-hydrogen) atoms. The highest BCUT2D eigenvalue weighted by molar-refractivity contribution is 5.99. The van der Waals surface area contributed by atoms with E-state index in [1.165, 1.54) is 0 Å². The summed E-state index contributed by atoms with van der Waals surface area (Å²) in [5.41, 5.74) is 8.03. The normalized spacial score (nSPS) is 14.1. The van der Waals surface area contributed by atoms with Crippen LogP contribution in [0.1, 0.15) is 30.1 Å². The van der Waals surface area contributed by atoms with E-state index >= 15 is 0 Å². The molecule has 1 aliphatic carbocycles. The number of methoxy groups -OCH3 is 1. The lowest BCUT2D eigenvalue weighted by molar-refractivity contribution is 0.0527. The molecule has 0 amide bonds. The average molecular weight is 278 g/mol. The largest absolute Gasteiger partial charge is 0.462 e. The monoisotopic (exact) mass is 278 g/mol. The van der Waals surface area contributed by atoms with Crippen LogP contribution in [0.25, 0.3) is 0 Å². The fraction of sp³-hybridized carbons (Fsp3) is 0.533. The molecule has 1 aliphatic rings. The molecule has 2 rings (SSSR count). The van der Waals surface area contributed by atoms with Crippen molar-refractivity contribution in [3.8, 4) is 0 Å². The van der Waals surface area contributed by atoms with Crippen molar-refractivity contribution >= 4 is 17.3 Å². The molecule has 0 atom stereocenters. The molecular weight excluding hydrogens is 256 g/mol. The van der Waals surface area contributed by atoms with Gasteiger partial charge in [-0.05, 0) is 31.9 Å². The maximum Gasteiger partial charge on any atom is 0.340 e. The fourth-order valence-corrected chi connectivity index (χ4v) is 2.31. The lowest BCUT2D eigenvalue weighted by Crippen LogP contribution is -2.32. The summed E-state index contributed by atoms with van der Waals surface area (Å²) in [5.74, 6) is -0.321.